The van der Waals surface area contributed by atoms with Gasteiger partial charge >= 0.3 is 0 Å². The molecule has 5 rings (SSSR count). The van der Waals surface area contributed by atoms with Crippen molar-refractivity contribution in [1.82, 2.24) is 15.2 Å². The fourth-order valence-corrected chi connectivity index (χ4v) is 5.23. The van der Waals surface area contributed by atoms with Gasteiger partial charge in [-0.05, 0) is 49.9 Å². The molecular formula is C30H31N3O2. The van der Waals surface area contributed by atoms with Gasteiger partial charge in [0.2, 0.25) is 5.91 Å². The molecule has 5 nitrogen and oxygen atoms in total. The maximum atomic E-state index is 13.4. The molecule has 0 saturated carbocycles. The summed E-state index contributed by atoms with van der Waals surface area (Å²) in [6.45, 7) is 4.46. The second-order valence-electron chi connectivity index (χ2n) is 9.44. The van der Waals surface area contributed by atoms with Gasteiger partial charge in [-0.3, -0.25) is 9.59 Å². The number of hydrogen-bond acceptors (Lipinski definition) is 2. The van der Waals surface area contributed by atoms with Gasteiger partial charge in [-0.2, -0.15) is 0 Å². The molecule has 1 aliphatic heterocycles. The van der Waals surface area contributed by atoms with Crippen LogP contribution in [0.1, 0.15) is 58.5 Å². The Labute approximate surface area is 206 Å². The number of H-pyrrole nitrogens is 1. The van der Waals surface area contributed by atoms with Gasteiger partial charge in [0.1, 0.15) is 0 Å². The molecule has 0 bridgehead atoms. The number of rotatable bonds is 8. The molecule has 1 aromatic heterocycles. The molecule has 0 fully saturated rings. The molecule has 0 aliphatic carbocycles. The number of amides is 2. The van der Waals surface area contributed by atoms with Crippen LogP contribution in [0.2, 0.25) is 0 Å². The molecule has 2 heterocycles. The summed E-state index contributed by atoms with van der Waals surface area (Å²) >= 11 is 0. The number of aromatic nitrogens is 1. The zero-order valence-electron chi connectivity index (χ0n) is 20.3. The summed E-state index contributed by atoms with van der Waals surface area (Å²) in [5.41, 5.74) is 6.20. The summed E-state index contributed by atoms with van der Waals surface area (Å²) in [5, 5.41) is 4.23. The number of carbonyl (C=O) groups excluding carboxylic acids is 2. The minimum Gasteiger partial charge on any atom is -0.358 e. The number of fused-ring (bicyclic) bond motifs is 2. The number of aromatic amines is 1. The third-order valence-electron chi connectivity index (χ3n) is 6.97. The summed E-state index contributed by atoms with van der Waals surface area (Å²) < 4.78 is 0. The number of nitrogens with one attached hydrogen (secondary N) is 2. The van der Waals surface area contributed by atoms with Crippen molar-refractivity contribution < 1.29 is 9.59 Å². The molecule has 2 atom stereocenters. The zero-order valence-corrected chi connectivity index (χ0v) is 20.3. The molecule has 0 radical (unpaired) electrons. The minimum absolute atomic E-state index is 0.0137. The largest absolute Gasteiger partial charge is 0.358 e. The standard InChI is InChI=1S/C30H31N3O2/c1-20(16-17-22-10-4-3-5-11-22)31-27(34)18-19-33-29(23-12-6-7-13-24(23)30(33)35)28-21(2)32-26-15-9-8-14-25(26)28/h3-15,20,29,32H,16-19H2,1-2H3,(H,31,34). The smallest absolute Gasteiger partial charge is 0.255 e. The average molecular weight is 466 g/mol. The number of aryl methyl sites for hydroxylation is 2. The summed E-state index contributed by atoms with van der Waals surface area (Å²) in [6, 6.07) is 26.2. The monoisotopic (exact) mass is 465 g/mol. The van der Waals surface area contributed by atoms with E-state index in [9.17, 15) is 9.59 Å². The first-order valence-electron chi connectivity index (χ1n) is 12.3. The molecule has 0 saturated heterocycles. The highest BCUT2D eigenvalue weighted by Crippen LogP contribution is 2.42. The van der Waals surface area contributed by atoms with Gasteiger partial charge in [-0.15, -0.1) is 0 Å². The first kappa shape index (κ1) is 22.9. The highest BCUT2D eigenvalue weighted by Gasteiger charge is 2.39. The van der Waals surface area contributed by atoms with Crippen LogP contribution in [0.5, 0.6) is 0 Å². The third kappa shape index (κ3) is 4.59. The normalized spacial score (nSPS) is 15.9. The summed E-state index contributed by atoms with van der Waals surface area (Å²) in [7, 11) is 0. The van der Waals surface area contributed by atoms with Crippen LogP contribution >= 0.6 is 0 Å². The van der Waals surface area contributed by atoms with Crippen molar-refractivity contribution in [2.45, 2.75) is 45.2 Å². The van der Waals surface area contributed by atoms with E-state index >= 15 is 0 Å². The number of hydrogen-bond donors (Lipinski definition) is 2. The highest BCUT2D eigenvalue weighted by atomic mass is 16.2. The van der Waals surface area contributed by atoms with Crippen molar-refractivity contribution in [3.63, 3.8) is 0 Å². The van der Waals surface area contributed by atoms with Crippen LogP contribution in [0.15, 0.2) is 78.9 Å². The second kappa shape index (κ2) is 9.79. The Hall–Kier alpha value is -3.86. The molecule has 4 aromatic rings. The van der Waals surface area contributed by atoms with Crippen LogP contribution in [-0.4, -0.2) is 34.3 Å². The van der Waals surface area contributed by atoms with E-state index in [0.29, 0.717) is 6.54 Å². The van der Waals surface area contributed by atoms with Gasteiger partial charge in [-0.1, -0.05) is 66.7 Å². The third-order valence-corrected chi connectivity index (χ3v) is 6.97. The fourth-order valence-electron chi connectivity index (χ4n) is 5.23. The Morgan fingerprint density at radius 3 is 2.54 bits per heavy atom. The van der Waals surface area contributed by atoms with E-state index < -0.39 is 0 Å². The number of benzene rings is 3. The van der Waals surface area contributed by atoms with Crippen molar-refractivity contribution in [3.8, 4) is 0 Å². The Kier molecular flexibility index (Phi) is 6.41. The Balaban J connectivity index is 1.31. The Bertz CT molecular complexity index is 1360. The maximum Gasteiger partial charge on any atom is 0.255 e. The molecular weight excluding hydrogens is 434 g/mol. The summed E-state index contributed by atoms with van der Waals surface area (Å²) in [6.07, 6.45) is 2.07. The van der Waals surface area contributed by atoms with Crippen LogP contribution in [0, 0.1) is 6.92 Å². The van der Waals surface area contributed by atoms with Gasteiger partial charge in [0.15, 0.2) is 0 Å². The molecule has 35 heavy (non-hydrogen) atoms. The average Bonchev–Trinajstić information content (AvgIpc) is 3.34. The minimum atomic E-state index is -0.210. The lowest BCUT2D eigenvalue weighted by atomic mass is 9.95. The van der Waals surface area contributed by atoms with E-state index in [1.165, 1.54) is 5.56 Å². The van der Waals surface area contributed by atoms with E-state index in [2.05, 4.69) is 41.5 Å². The number of carbonyl (C=O) groups is 2. The number of para-hydroxylation sites is 1. The number of nitrogens with zero attached hydrogens (tertiary/aromatic N) is 1. The highest BCUT2D eigenvalue weighted by molar-refractivity contribution is 6.01. The molecule has 1 aliphatic rings. The Morgan fingerprint density at radius 1 is 1.00 bits per heavy atom. The SMILES string of the molecule is Cc1[nH]c2ccccc2c1C1c2ccccc2C(=O)N1CCC(=O)NC(C)CCc1ccccc1. The van der Waals surface area contributed by atoms with Crippen molar-refractivity contribution in [3.05, 3.63) is 107 Å². The molecule has 2 unspecified atom stereocenters. The quantitative estimate of drug-likeness (QED) is 0.358. The van der Waals surface area contributed by atoms with Gasteiger partial charge < -0.3 is 15.2 Å². The van der Waals surface area contributed by atoms with Crippen molar-refractivity contribution in [2.75, 3.05) is 6.54 Å². The maximum absolute atomic E-state index is 13.4. The van der Waals surface area contributed by atoms with Crippen LogP contribution < -0.4 is 5.32 Å². The van der Waals surface area contributed by atoms with Gasteiger partial charge in [-0.25, -0.2) is 0 Å². The van der Waals surface area contributed by atoms with E-state index in [0.717, 1.165) is 46.1 Å². The van der Waals surface area contributed by atoms with Crippen molar-refractivity contribution in [2.24, 2.45) is 0 Å². The van der Waals surface area contributed by atoms with Crippen LogP contribution in [0.25, 0.3) is 10.9 Å². The molecule has 178 valence electrons. The summed E-state index contributed by atoms with van der Waals surface area (Å²) in [4.78, 5) is 31.6. The lowest BCUT2D eigenvalue weighted by Crippen LogP contribution is -2.37. The van der Waals surface area contributed by atoms with E-state index in [1.54, 1.807) is 0 Å². The Morgan fingerprint density at radius 2 is 1.71 bits per heavy atom. The van der Waals surface area contributed by atoms with E-state index in [1.807, 2.05) is 66.4 Å². The van der Waals surface area contributed by atoms with Gasteiger partial charge in [0.25, 0.3) is 5.91 Å². The van der Waals surface area contributed by atoms with Crippen molar-refractivity contribution in [1.29, 1.82) is 0 Å². The molecule has 2 amide bonds. The lowest BCUT2D eigenvalue weighted by Gasteiger charge is -2.26. The lowest BCUT2D eigenvalue weighted by molar-refractivity contribution is -0.121. The molecule has 2 N–H and O–H groups in total. The van der Waals surface area contributed by atoms with Crippen molar-refractivity contribution >= 4 is 22.7 Å². The van der Waals surface area contributed by atoms with Crippen LogP contribution in [0.3, 0.4) is 0 Å². The predicted molar refractivity (Wildman–Crippen MR) is 139 cm³/mol. The molecule has 0 spiro atoms. The van der Waals surface area contributed by atoms with Crippen LogP contribution in [-0.2, 0) is 11.2 Å². The van der Waals surface area contributed by atoms with E-state index in [4.69, 9.17) is 0 Å². The van der Waals surface area contributed by atoms with Crippen LogP contribution in [0.4, 0.5) is 0 Å². The van der Waals surface area contributed by atoms with E-state index in [-0.39, 0.29) is 30.3 Å². The molecule has 5 heteroatoms. The van der Waals surface area contributed by atoms with Gasteiger partial charge in [0.05, 0.1) is 6.04 Å². The fraction of sp³-hybridized carbons (Fsp3) is 0.267. The zero-order chi connectivity index (χ0) is 24.4. The molecule has 3 aromatic carbocycles. The topological polar surface area (TPSA) is 65.2 Å². The predicted octanol–water partition coefficient (Wildman–Crippen LogP) is 5.55. The summed E-state index contributed by atoms with van der Waals surface area (Å²) in [5.74, 6) is -0.0380. The van der Waals surface area contributed by atoms with Gasteiger partial charge in [0, 0.05) is 46.7 Å². The second-order valence-corrected chi connectivity index (χ2v) is 9.44. The first-order chi connectivity index (χ1) is 17.0. The first-order valence-corrected chi connectivity index (χ1v) is 12.3.